The molecule has 6 rings (SSSR count). The first-order chi connectivity index (χ1) is 22.1. The van der Waals surface area contributed by atoms with Crippen molar-refractivity contribution >= 4 is 11.2 Å². The van der Waals surface area contributed by atoms with E-state index in [4.69, 9.17) is 0 Å². The zero-order chi connectivity index (χ0) is 32.5. The van der Waals surface area contributed by atoms with Gasteiger partial charge in [0, 0.05) is 33.4 Å². The zero-order valence-electron chi connectivity index (χ0n) is 23.9. The van der Waals surface area contributed by atoms with Crippen molar-refractivity contribution in [2.75, 3.05) is 0 Å². The van der Waals surface area contributed by atoms with Gasteiger partial charge in [-0.25, -0.2) is 26.3 Å². The highest BCUT2D eigenvalue weighted by Gasteiger charge is 2.60. The maximum Gasteiger partial charge on any atom is 0.202 e. The lowest BCUT2D eigenvalue weighted by atomic mass is 9.82. The van der Waals surface area contributed by atoms with Crippen LogP contribution in [0.1, 0.15) is 33.4 Å². The second-order valence-corrected chi connectivity index (χ2v) is 12.4. The average Bonchev–Trinajstić information content (AvgIpc) is 3.06. The van der Waals surface area contributed by atoms with Crippen LogP contribution in [0.2, 0.25) is 0 Å². The zero-order valence-corrected chi connectivity index (χ0v) is 24.8. The van der Waals surface area contributed by atoms with Crippen molar-refractivity contribution < 1.29 is 30.9 Å². The van der Waals surface area contributed by atoms with Gasteiger partial charge in [0.15, 0.2) is 0 Å². The number of hydrogen-bond acceptors (Lipinski definition) is 1. The van der Waals surface area contributed by atoms with Gasteiger partial charge in [-0.3, -0.25) is 0 Å². The molecule has 0 amide bonds. The van der Waals surface area contributed by atoms with Gasteiger partial charge in [0.25, 0.3) is 0 Å². The average molecular weight is 643 g/mol. The molecule has 0 aliphatic carbocycles. The van der Waals surface area contributed by atoms with Gasteiger partial charge in [0.2, 0.25) is 9.49 Å². The Morgan fingerprint density at radius 2 is 0.413 bits per heavy atom. The molecule has 0 aliphatic rings. The van der Waals surface area contributed by atoms with Crippen LogP contribution in [0.5, 0.6) is 0 Å². The fraction of sp³-hybridized carbons (Fsp3) is 0.0526. The molecule has 6 aromatic rings. The van der Waals surface area contributed by atoms with Gasteiger partial charge in [-0.2, -0.15) is 0 Å². The van der Waals surface area contributed by atoms with Crippen LogP contribution < -0.4 is 0 Å². The third-order valence-corrected chi connectivity index (χ3v) is 10.6. The molecule has 0 N–H and O–H groups in total. The van der Waals surface area contributed by atoms with Gasteiger partial charge in [-0.05, 0) is 84.0 Å². The molecule has 0 spiro atoms. The molecule has 230 valence electrons. The first-order valence-corrected chi connectivity index (χ1v) is 15.3. The predicted octanol–water partition coefficient (Wildman–Crippen LogP) is 9.55. The quantitative estimate of drug-likeness (QED) is 0.0922. The van der Waals surface area contributed by atoms with Crippen LogP contribution in [-0.4, -0.2) is 4.55 Å². The monoisotopic (exact) mass is 642 g/mol. The second-order valence-electron chi connectivity index (χ2n) is 10.7. The molecule has 0 saturated heterocycles. The summed E-state index contributed by atoms with van der Waals surface area (Å²) in [6.07, 6.45) is 0. The molecule has 0 bridgehead atoms. The maximum atomic E-state index is 16.3. The third-order valence-electron chi connectivity index (χ3n) is 8.06. The Bertz CT molecular complexity index is 1560. The van der Waals surface area contributed by atoms with Crippen LogP contribution in [0.4, 0.5) is 26.3 Å². The van der Waals surface area contributed by atoms with Crippen LogP contribution in [-0.2, 0) is 20.7 Å². The van der Waals surface area contributed by atoms with Crippen LogP contribution in [0.25, 0.3) is 0 Å². The first kappa shape index (κ1) is 31.2. The molecule has 6 aromatic carbocycles. The van der Waals surface area contributed by atoms with Gasteiger partial charge in [-0.15, -0.1) is 0 Å². The van der Waals surface area contributed by atoms with Crippen molar-refractivity contribution in [2.45, 2.75) is 9.49 Å². The summed E-state index contributed by atoms with van der Waals surface area (Å²) in [6.45, 7) is 0. The van der Waals surface area contributed by atoms with Crippen LogP contribution >= 0.6 is 0 Å². The summed E-state index contributed by atoms with van der Waals surface area (Å²) in [7, 11) is 0. The topological polar surface area (TPSA) is 23.1 Å². The summed E-state index contributed by atoms with van der Waals surface area (Å²) in [5.41, 5.74) is 1.76. The molecule has 8 heteroatoms. The van der Waals surface area contributed by atoms with E-state index in [0.29, 0.717) is 33.4 Å². The number of halogens is 6. The Kier molecular flexibility index (Phi) is 8.51. The summed E-state index contributed by atoms with van der Waals surface area (Å²) in [5.74, 6) is -3.48. The minimum absolute atomic E-state index is 0.293. The Labute approximate surface area is 265 Å². The summed E-state index contributed by atoms with van der Waals surface area (Å²) in [4.78, 5) is 0. The molecular weight excluding hydrogens is 618 g/mol. The minimum atomic E-state index is -2.39. The molecule has 0 atom stereocenters. The Morgan fingerprint density at radius 1 is 0.283 bits per heavy atom. The van der Waals surface area contributed by atoms with Crippen molar-refractivity contribution in [1.29, 1.82) is 0 Å². The summed E-state index contributed by atoms with van der Waals surface area (Å²) in [5, 5.41) is 0. The van der Waals surface area contributed by atoms with E-state index in [1.807, 2.05) is 0 Å². The highest BCUT2D eigenvalue weighted by Crippen LogP contribution is 2.56. The van der Waals surface area contributed by atoms with E-state index >= 15 is 4.55 Å². The van der Waals surface area contributed by atoms with Gasteiger partial charge >= 0.3 is 0 Å². The molecule has 0 unspecified atom stereocenters. The Balaban J connectivity index is 1.83. The van der Waals surface area contributed by atoms with Crippen LogP contribution in [0.15, 0.2) is 146 Å². The normalized spacial score (nSPS) is 12.0. The third kappa shape index (κ3) is 5.37. The largest absolute Gasteiger partial charge is 0.614 e. The molecule has 46 heavy (non-hydrogen) atoms. The SMILES string of the molecule is [O-][S+](C(c1ccc(F)cc1)(c1ccc(F)cc1)c1ccc(F)cc1)C(c1ccc(F)cc1)(c1ccc(F)cc1)c1ccc(F)cc1. The minimum Gasteiger partial charge on any atom is -0.614 e. The van der Waals surface area contributed by atoms with Gasteiger partial charge in [0.1, 0.15) is 34.9 Å². The van der Waals surface area contributed by atoms with E-state index < -0.39 is 55.6 Å². The van der Waals surface area contributed by atoms with Gasteiger partial charge in [-0.1, -0.05) is 72.8 Å². The molecule has 0 fully saturated rings. The summed E-state index contributed by atoms with van der Waals surface area (Å²) < 4.78 is 99.4. The lowest BCUT2D eigenvalue weighted by molar-refractivity contribution is 0.543. The molecule has 1 nitrogen and oxygen atoms in total. The summed E-state index contributed by atoms with van der Waals surface area (Å²) in [6, 6.07) is 31.4. The van der Waals surface area contributed by atoms with Crippen molar-refractivity contribution in [3.8, 4) is 0 Å². The van der Waals surface area contributed by atoms with E-state index in [0.717, 1.165) is 0 Å². The van der Waals surface area contributed by atoms with E-state index in [-0.39, 0.29) is 0 Å². The predicted molar refractivity (Wildman–Crippen MR) is 166 cm³/mol. The molecular formula is C38H24F6OS. The maximum absolute atomic E-state index is 16.3. The van der Waals surface area contributed by atoms with E-state index in [9.17, 15) is 26.3 Å². The molecule has 0 radical (unpaired) electrons. The Morgan fingerprint density at radius 3 is 0.543 bits per heavy atom. The standard InChI is InChI=1S/C38H24F6OS/c39-31-13-1-25(2-14-31)37(26-3-15-32(40)16-4-26,27-5-17-33(41)18-6-27)46(45)38(28-7-19-34(42)20-8-28,29-9-21-35(43)22-10-29)30-11-23-36(44)24-12-30/h1-24H. The molecule has 0 heterocycles. The van der Waals surface area contributed by atoms with Crippen molar-refractivity contribution in [3.63, 3.8) is 0 Å². The highest BCUT2D eigenvalue weighted by molar-refractivity contribution is 7.94. The highest BCUT2D eigenvalue weighted by atomic mass is 32.2. The number of hydrogen-bond donors (Lipinski definition) is 0. The molecule has 0 saturated carbocycles. The van der Waals surface area contributed by atoms with Crippen molar-refractivity contribution in [1.82, 2.24) is 0 Å². The van der Waals surface area contributed by atoms with Crippen molar-refractivity contribution in [3.05, 3.63) is 214 Å². The number of benzene rings is 6. The van der Waals surface area contributed by atoms with Crippen molar-refractivity contribution in [2.24, 2.45) is 0 Å². The van der Waals surface area contributed by atoms with Gasteiger partial charge in [0.05, 0.1) is 0 Å². The second kappa shape index (κ2) is 12.5. The smallest absolute Gasteiger partial charge is 0.202 e. The lowest BCUT2D eigenvalue weighted by Crippen LogP contribution is -2.51. The van der Waals surface area contributed by atoms with E-state index in [1.165, 1.54) is 146 Å². The lowest BCUT2D eigenvalue weighted by Gasteiger charge is -2.47. The van der Waals surface area contributed by atoms with Gasteiger partial charge < -0.3 is 4.55 Å². The number of rotatable bonds is 8. The van der Waals surface area contributed by atoms with Crippen LogP contribution in [0.3, 0.4) is 0 Å². The summed E-state index contributed by atoms with van der Waals surface area (Å²) >= 11 is -2.39. The van der Waals surface area contributed by atoms with E-state index in [2.05, 4.69) is 0 Å². The molecule has 0 aromatic heterocycles. The Hall–Kier alpha value is -4.79. The first-order valence-electron chi connectivity index (χ1n) is 14.1. The fourth-order valence-corrected chi connectivity index (χ4v) is 8.54. The van der Waals surface area contributed by atoms with Crippen LogP contribution in [0, 0.1) is 34.9 Å². The molecule has 0 aliphatic heterocycles. The van der Waals surface area contributed by atoms with E-state index in [1.54, 1.807) is 0 Å². The fourth-order valence-electron chi connectivity index (χ4n) is 5.98.